The molecule has 2 aromatic carbocycles. The fourth-order valence-corrected chi connectivity index (χ4v) is 3.20. The van der Waals surface area contributed by atoms with E-state index in [2.05, 4.69) is 5.32 Å². The number of halogens is 1. The average Bonchev–Trinajstić information content (AvgIpc) is 2.71. The lowest BCUT2D eigenvalue weighted by Crippen LogP contribution is -2.52. The molecular weight excluding hydrogens is 372 g/mol. The van der Waals surface area contributed by atoms with Gasteiger partial charge in [-0.05, 0) is 30.5 Å². The molecule has 5 heteroatoms. The van der Waals surface area contributed by atoms with Gasteiger partial charge in [0.1, 0.15) is 6.04 Å². The van der Waals surface area contributed by atoms with Crippen LogP contribution in [-0.2, 0) is 22.6 Å². The van der Waals surface area contributed by atoms with E-state index in [0.717, 1.165) is 17.5 Å². The first-order valence-electron chi connectivity index (χ1n) is 9.83. The van der Waals surface area contributed by atoms with Crippen LogP contribution in [-0.4, -0.2) is 28.8 Å². The summed E-state index contributed by atoms with van der Waals surface area (Å²) >= 11 is 6.33. The van der Waals surface area contributed by atoms with Crippen molar-refractivity contribution < 1.29 is 9.59 Å². The highest BCUT2D eigenvalue weighted by Gasteiger charge is 2.30. The predicted molar refractivity (Wildman–Crippen MR) is 114 cm³/mol. The second kappa shape index (κ2) is 10.9. The lowest BCUT2D eigenvalue weighted by molar-refractivity contribution is -0.141. The molecule has 0 unspecified atom stereocenters. The van der Waals surface area contributed by atoms with E-state index in [0.29, 0.717) is 24.4 Å². The summed E-state index contributed by atoms with van der Waals surface area (Å²) in [5.41, 5.74) is 1.85. The molecule has 0 bridgehead atoms. The third-order valence-corrected chi connectivity index (χ3v) is 5.24. The minimum absolute atomic E-state index is 0.0460. The van der Waals surface area contributed by atoms with Crippen molar-refractivity contribution in [3.8, 4) is 0 Å². The summed E-state index contributed by atoms with van der Waals surface area (Å²) in [5, 5.41) is 3.64. The molecule has 2 aromatic rings. The Bertz CT molecular complexity index is 779. The van der Waals surface area contributed by atoms with E-state index in [1.165, 1.54) is 0 Å². The van der Waals surface area contributed by atoms with Crippen molar-refractivity contribution in [3.05, 3.63) is 70.7 Å². The zero-order valence-electron chi connectivity index (χ0n) is 16.8. The molecule has 0 saturated carbocycles. The number of amides is 2. The maximum absolute atomic E-state index is 13.1. The van der Waals surface area contributed by atoms with Gasteiger partial charge in [0.15, 0.2) is 0 Å². The van der Waals surface area contributed by atoms with Crippen LogP contribution in [0.3, 0.4) is 0 Å². The van der Waals surface area contributed by atoms with Crippen LogP contribution in [0.5, 0.6) is 0 Å². The second-order valence-electron chi connectivity index (χ2n) is 6.99. The molecule has 0 spiro atoms. The molecule has 1 N–H and O–H groups in total. The number of carbonyl (C=O) groups excluding carboxylic acids is 2. The van der Waals surface area contributed by atoms with E-state index in [1.807, 2.05) is 69.3 Å². The van der Waals surface area contributed by atoms with E-state index in [4.69, 9.17) is 11.6 Å². The number of hydrogen-bond donors (Lipinski definition) is 1. The molecule has 28 heavy (non-hydrogen) atoms. The van der Waals surface area contributed by atoms with Gasteiger partial charge in [-0.15, -0.1) is 0 Å². The summed E-state index contributed by atoms with van der Waals surface area (Å²) in [7, 11) is 0. The highest BCUT2D eigenvalue weighted by Crippen LogP contribution is 2.21. The van der Waals surface area contributed by atoms with Crippen molar-refractivity contribution in [2.45, 2.75) is 58.7 Å². The lowest BCUT2D eigenvalue weighted by atomic mass is 10.0. The van der Waals surface area contributed by atoms with Gasteiger partial charge >= 0.3 is 0 Å². The van der Waals surface area contributed by atoms with Crippen molar-refractivity contribution in [1.29, 1.82) is 0 Å². The van der Waals surface area contributed by atoms with E-state index in [-0.39, 0.29) is 17.9 Å². The summed E-state index contributed by atoms with van der Waals surface area (Å²) < 4.78 is 0. The van der Waals surface area contributed by atoms with Gasteiger partial charge in [-0.25, -0.2) is 0 Å². The van der Waals surface area contributed by atoms with E-state index >= 15 is 0 Å². The maximum Gasteiger partial charge on any atom is 0.243 e. The van der Waals surface area contributed by atoms with Crippen LogP contribution in [0.15, 0.2) is 54.6 Å². The quantitative estimate of drug-likeness (QED) is 0.668. The fraction of sp³-hybridized carbons (Fsp3) is 0.391. The lowest BCUT2D eigenvalue weighted by Gasteiger charge is -2.32. The number of benzene rings is 2. The molecule has 150 valence electrons. The Hall–Kier alpha value is -2.33. The topological polar surface area (TPSA) is 49.4 Å². The van der Waals surface area contributed by atoms with Crippen molar-refractivity contribution >= 4 is 23.4 Å². The fourth-order valence-electron chi connectivity index (χ4n) is 3.01. The zero-order valence-corrected chi connectivity index (χ0v) is 17.6. The molecule has 4 nitrogen and oxygen atoms in total. The van der Waals surface area contributed by atoms with Crippen LogP contribution in [0.1, 0.15) is 44.7 Å². The van der Waals surface area contributed by atoms with Gasteiger partial charge in [0.05, 0.1) is 0 Å². The molecular formula is C23H29ClN2O2. The Morgan fingerprint density at radius 1 is 1.04 bits per heavy atom. The molecule has 2 amide bonds. The van der Waals surface area contributed by atoms with E-state index in [9.17, 15) is 9.59 Å². The molecule has 0 fully saturated rings. The van der Waals surface area contributed by atoms with Crippen molar-refractivity contribution in [2.75, 3.05) is 0 Å². The third-order valence-electron chi connectivity index (χ3n) is 4.87. The highest BCUT2D eigenvalue weighted by atomic mass is 35.5. The average molecular weight is 401 g/mol. The van der Waals surface area contributed by atoms with Crippen molar-refractivity contribution in [2.24, 2.45) is 0 Å². The first kappa shape index (κ1) is 22.0. The molecule has 0 aromatic heterocycles. The van der Waals surface area contributed by atoms with Gasteiger partial charge < -0.3 is 10.2 Å². The van der Waals surface area contributed by atoms with Crippen LogP contribution < -0.4 is 5.32 Å². The monoisotopic (exact) mass is 400 g/mol. The minimum Gasteiger partial charge on any atom is -0.352 e. The first-order valence-corrected chi connectivity index (χ1v) is 10.2. The molecule has 0 saturated heterocycles. The van der Waals surface area contributed by atoms with Gasteiger partial charge in [0.25, 0.3) is 0 Å². The highest BCUT2D eigenvalue weighted by molar-refractivity contribution is 6.31. The third kappa shape index (κ3) is 6.10. The summed E-state index contributed by atoms with van der Waals surface area (Å²) in [4.78, 5) is 27.6. The standard InChI is InChI=1S/C23H29ClN2O2/c1-4-17(3)25-23(28)21(15-18-11-7-6-8-12-18)26(22(27)5-2)16-19-13-9-10-14-20(19)24/h6-14,17,21H,4-5,15-16H2,1-3H3,(H,25,28)/t17-,21+/m1/s1. The SMILES string of the molecule is CCC(=O)N(Cc1ccccc1Cl)[C@@H](Cc1ccccc1)C(=O)N[C@H](C)CC. The van der Waals surface area contributed by atoms with Crippen LogP contribution >= 0.6 is 11.6 Å². The number of nitrogens with one attached hydrogen (secondary N) is 1. The largest absolute Gasteiger partial charge is 0.352 e. The van der Waals surface area contributed by atoms with Crippen molar-refractivity contribution in [1.82, 2.24) is 10.2 Å². The molecule has 0 aliphatic heterocycles. The van der Waals surface area contributed by atoms with Gasteiger partial charge in [0.2, 0.25) is 11.8 Å². The van der Waals surface area contributed by atoms with E-state index < -0.39 is 6.04 Å². The summed E-state index contributed by atoms with van der Waals surface area (Å²) in [6.45, 7) is 6.11. The van der Waals surface area contributed by atoms with Crippen molar-refractivity contribution in [3.63, 3.8) is 0 Å². The molecule has 0 aliphatic rings. The number of carbonyl (C=O) groups is 2. The Kier molecular flexibility index (Phi) is 8.52. The minimum atomic E-state index is -0.597. The summed E-state index contributed by atoms with van der Waals surface area (Å²) in [5.74, 6) is -0.202. The molecule has 0 heterocycles. The number of hydrogen-bond acceptors (Lipinski definition) is 2. The predicted octanol–water partition coefficient (Wildman–Crippen LogP) is 4.60. The van der Waals surface area contributed by atoms with Crippen LogP contribution in [0.4, 0.5) is 0 Å². The Balaban J connectivity index is 2.37. The maximum atomic E-state index is 13.1. The van der Waals surface area contributed by atoms with Crippen LogP contribution in [0.25, 0.3) is 0 Å². The molecule has 0 radical (unpaired) electrons. The van der Waals surface area contributed by atoms with E-state index in [1.54, 1.807) is 11.0 Å². The Morgan fingerprint density at radius 2 is 1.68 bits per heavy atom. The zero-order chi connectivity index (χ0) is 20.5. The molecule has 2 rings (SSSR count). The van der Waals surface area contributed by atoms with Gasteiger partial charge in [0, 0.05) is 30.5 Å². The van der Waals surface area contributed by atoms with Crippen LogP contribution in [0, 0.1) is 0 Å². The second-order valence-corrected chi connectivity index (χ2v) is 7.40. The normalized spacial score (nSPS) is 12.9. The van der Waals surface area contributed by atoms with Gasteiger partial charge in [-0.1, -0.05) is 74.0 Å². The Labute approximate surface area is 172 Å². The van der Waals surface area contributed by atoms with Crippen LogP contribution in [0.2, 0.25) is 5.02 Å². The van der Waals surface area contributed by atoms with Gasteiger partial charge in [-0.3, -0.25) is 9.59 Å². The number of nitrogens with zero attached hydrogens (tertiary/aromatic N) is 1. The first-order chi connectivity index (χ1) is 13.5. The summed E-state index contributed by atoms with van der Waals surface area (Å²) in [6, 6.07) is 16.7. The number of rotatable bonds is 9. The van der Waals surface area contributed by atoms with Gasteiger partial charge in [-0.2, -0.15) is 0 Å². The summed E-state index contributed by atoms with van der Waals surface area (Å²) in [6.07, 6.45) is 1.61. The Morgan fingerprint density at radius 3 is 2.29 bits per heavy atom. The molecule has 0 aliphatic carbocycles. The molecule has 2 atom stereocenters. The smallest absolute Gasteiger partial charge is 0.243 e.